The van der Waals surface area contributed by atoms with Crippen LogP contribution in [0.3, 0.4) is 0 Å². The highest BCUT2D eigenvalue weighted by Crippen LogP contribution is 2.27. The van der Waals surface area contributed by atoms with Crippen LogP contribution in [0, 0.1) is 6.92 Å². The van der Waals surface area contributed by atoms with Gasteiger partial charge in [0.05, 0.1) is 11.3 Å². The van der Waals surface area contributed by atoms with E-state index in [9.17, 15) is 9.59 Å². The van der Waals surface area contributed by atoms with Gasteiger partial charge in [0.1, 0.15) is 5.82 Å². The van der Waals surface area contributed by atoms with E-state index in [1.165, 1.54) is 4.88 Å². The smallest absolute Gasteiger partial charge is 0.255 e. The average molecular weight is 449 g/mol. The molecular formula is C25H28N4O2S. The number of aromatic nitrogens is 2. The van der Waals surface area contributed by atoms with Crippen LogP contribution in [0.15, 0.2) is 46.6 Å². The number of hydrogen-bond donors (Lipinski definition) is 1. The standard InChI is InChI=1S/C25H28N4O2S/c1-17-6-8-18(9-7-17)25(31)29-11-2-4-19(14-29)23-26-22-10-12-28(15-20-5-3-13-32-20)16-21(22)24(30)27-23/h3,5-9,13,19H,2,4,10-12,14-16H2,1H3,(H,26,27,30). The third-order valence-electron chi connectivity index (χ3n) is 6.52. The molecule has 1 fully saturated rings. The molecule has 3 aromatic rings. The molecule has 0 spiro atoms. The average Bonchev–Trinajstić information content (AvgIpc) is 3.32. The molecule has 1 atom stereocenters. The quantitative estimate of drug-likeness (QED) is 0.661. The van der Waals surface area contributed by atoms with E-state index in [0.717, 1.165) is 61.5 Å². The van der Waals surface area contributed by atoms with Crippen LogP contribution in [-0.4, -0.2) is 45.3 Å². The van der Waals surface area contributed by atoms with Crippen molar-refractivity contribution in [3.05, 3.63) is 85.2 Å². The Morgan fingerprint density at radius 1 is 1.22 bits per heavy atom. The van der Waals surface area contributed by atoms with Crippen molar-refractivity contribution in [2.45, 2.75) is 45.2 Å². The van der Waals surface area contributed by atoms with Gasteiger partial charge in [0.15, 0.2) is 0 Å². The van der Waals surface area contributed by atoms with Gasteiger partial charge in [0.2, 0.25) is 0 Å². The van der Waals surface area contributed by atoms with Gasteiger partial charge in [-0.2, -0.15) is 0 Å². The van der Waals surface area contributed by atoms with E-state index in [0.29, 0.717) is 18.7 Å². The second-order valence-electron chi connectivity index (χ2n) is 8.87. The van der Waals surface area contributed by atoms with Gasteiger partial charge in [-0.25, -0.2) is 4.98 Å². The molecule has 1 unspecified atom stereocenters. The number of aromatic amines is 1. The van der Waals surface area contributed by atoms with Crippen LogP contribution in [0.1, 0.15) is 56.6 Å². The van der Waals surface area contributed by atoms with Crippen molar-refractivity contribution in [2.75, 3.05) is 19.6 Å². The van der Waals surface area contributed by atoms with Gasteiger partial charge in [0.25, 0.3) is 11.5 Å². The molecule has 0 radical (unpaired) electrons. The lowest BCUT2D eigenvalue weighted by Gasteiger charge is -2.33. The molecule has 2 aromatic heterocycles. The first-order chi connectivity index (χ1) is 15.6. The van der Waals surface area contributed by atoms with E-state index in [1.54, 1.807) is 11.3 Å². The fourth-order valence-corrected chi connectivity index (χ4v) is 5.46. The first-order valence-electron chi connectivity index (χ1n) is 11.3. The molecule has 2 aliphatic rings. The Kier molecular flexibility index (Phi) is 5.93. The van der Waals surface area contributed by atoms with Crippen LogP contribution in [0.5, 0.6) is 0 Å². The summed E-state index contributed by atoms with van der Waals surface area (Å²) in [6, 6.07) is 11.9. The Morgan fingerprint density at radius 3 is 2.84 bits per heavy atom. The minimum Gasteiger partial charge on any atom is -0.338 e. The van der Waals surface area contributed by atoms with E-state index in [2.05, 4.69) is 27.4 Å². The molecule has 0 bridgehead atoms. The van der Waals surface area contributed by atoms with Gasteiger partial charge in [0, 0.05) is 55.5 Å². The van der Waals surface area contributed by atoms with Crippen molar-refractivity contribution >= 4 is 17.2 Å². The number of nitrogens with one attached hydrogen (secondary N) is 1. The Hall–Kier alpha value is -2.77. The molecule has 1 aromatic carbocycles. The number of piperidine rings is 1. The highest BCUT2D eigenvalue weighted by molar-refractivity contribution is 7.09. The lowest BCUT2D eigenvalue weighted by atomic mass is 9.95. The molecule has 1 saturated heterocycles. The zero-order chi connectivity index (χ0) is 22.1. The number of aryl methyl sites for hydroxylation is 1. The van der Waals surface area contributed by atoms with Crippen molar-refractivity contribution in [3.8, 4) is 0 Å². The van der Waals surface area contributed by atoms with Crippen LogP contribution < -0.4 is 5.56 Å². The summed E-state index contributed by atoms with van der Waals surface area (Å²) in [5.74, 6) is 0.862. The van der Waals surface area contributed by atoms with Crippen LogP contribution in [0.4, 0.5) is 0 Å². The summed E-state index contributed by atoms with van der Waals surface area (Å²) in [7, 11) is 0. The number of rotatable bonds is 4. The van der Waals surface area contributed by atoms with Gasteiger partial charge >= 0.3 is 0 Å². The maximum absolute atomic E-state index is 13.0. The molecule has 2 aliphatic heterocycles. The number of nitrogens with zero attached hydrogens (tertiary/aromatic N) is 3. The van der Waals surface area contributed by atoms with Crippen LogP contribution >= 0.6 is 11.3 Å². The van der Waals surface area contributed by atoms with E-state index in [1.807, 2.05) is 36.1 Å². The number of amides is 1. The molecule has 5 rings (SSSR count). The lowest BCUT2D eigenvalue weighted by Crippen LogP contribution is -2.41. The van der Waals surface area contributed by atoms with E-state index in [4.69, 9.17) is 4.98 Å². The van der Waals surface area contributed by atoms with Crippen LogP contribution in [0.25, 0.3) is 0 Å². The van der Waals surface area contributed by atoms with E-state index in [-0.39, 0.29) is 17.4 Å². The zero-order valence-corrected chi connectivity index (χ0v) is 19.2. The maximum Gasteiger partial charge on any atom is 0.255 e. The molecule has 7 heteroatoms. The second-order valence-corrected chi connectivity index (χ2v) is 9.91. The van der Waals surface area contributed by atoms with Gasteiger partial charge in [-0.3, -0.25) is 14.5 Å². The minimum absolute atomic E-state index is 0.0251. The monoisotopic (exact) mass is 448 g/mol. The molecular weight excluding hydrogens is 420 g/mol. The predicted octanol–water partition coefficient (Wildman–Crippen LogP) is 3.72. The fourth-order valence-electron chi connectivity index (χ4n) is 4.71. The van der Waals surface area contributed by atoms with Gasteiger partial charge in [-0.15, -0.1) is 11.3 Å². The van der Waals surface area contributed by atoms with Crippen molar-refractivity contribution in [1.82, 2.24) is 19.8 Å². The number of carbonyl (C=O) groups excluding carboxylic acids is 1. The third-order valence-corrected chi connectivity index (χ3v) is 7.38. The summed E-state index contributed by atoms with van der Waals surface area (Å²) in [5, 5.41) is 2.09. The fraction of sp³-hybridized carbons (Fsp3) is 0.400. The molecule has 166 valence electrons. The topological polar surface area (TPSA) is 69.3 Å². The molecule has 6 nitrogen and oxygen atoms in total. The first kappa shape index (κ1) is 21.1. The number of likely N-dealkylation sites (tertiary alicyclic amines) is 1. The highest BCUT2D eigenvalue weighted by Gasteiger charge is 2.29. The number of thiophene rings is 1. The number of fused-ring (bicyclic) bond motifs is 1. The number of benzene rings is 1. The zero-order valence-electron chi connectivity index (χ0n) is 18.3. The second kappa shape index (κ2) is 9.00. The Morgan fingerprint density at radius 2 is 2.06 bits per heavy atom. The summed E-state index contributed by atoms with van der Waals surface area (Å²) in [6.45, 7) is 5.78. The third kappa shape index (κ3) is 4.40. The SMILES string of the molecule is Cc1ccc(C(=O)N2CCCC(c3nc4c(c(=O)[nH]3)CN(Cc3cccs3)CC4)C2)cc1. The van der Waals surface area contributed by atoms with Crippen LogP contribution in [-0.2, 0) is 19.5 Å². The van der Waals surface area contributed by atoms with Crippen molar-refractivity contribution in [1.29, 1.82) is 0 Å². The number of carbonyl (C=O) groups is 1. The molecule has 1 N–H and O–H groups in total. The summed E-state index contributed by atoms with van der Waals surface area (Å²) in [6.07, 6.45) is 2.64. The number of H-pyrrole nitrogens is 1. The molecule has 32 heavy (non-hydrogen) atoms. The van der Waals surface area contributed by atoms with Crippen molar-refractivity contribution in [3.63, 3.8) is 0 Å². The molecule has 1 amide bonds. The number of hydrogen-bond acceptors (Lipinski definition) is 5. The van der Waals surface area contributed by atoms with Gasteiger partial charge in [-0.1, -0.05) is 23.8 Å². The van der Waals surface area contributed by atoms with Crippen molar-refractivity contribution in [2.24, 2.45) is 0 Å². The molecule has 0 aliphatic carbocycles. The largest absolute Gasteiger partial charge is 0.338 e. The Bertz CT molecular complexity index is 1150. The molecule has 4 heterocycles. The van der Waals surface area contributed by atoms with Gasteiger partial charge in [-0.05, 0) is 43.3 Å². The summed E-state index contributed by atoms with van der Waals surface area (Å²) in [5.41, 5.74) is 3.55. The summed E-state index contributed by atoms with van der Waals surface area (Å²) < 4.78 is 0. The Balaban J connectivity index is 1.31. The normalized spacial score (nSPS) is 19.0. The predicted molar refractivity (Wildman–Crippen MR) is 126 cm³/mol. The van der Waals surface area contributed by atoms with Crippen LogP contribution in [0.2, 0.25) is 0 Å². The minimum atomic E-state index is -0.0251. The highest BCUT2D eigenvalue weighted by atomic mass is 32.1. The molecule has 0 saturated carbocycles. The summed E-state index contributed by atoms with van der Waals surface area (Å²) >= 11 is 1.75. The summed E-state index contributed by atoms with van der Waals surface area (Å²) in [4.78, 5) is 39.4. The van der Waals surface area contributed by atoms with Crippen molar-refractivity contribution < 1.29 is 4.79 Å². The Labute approximate surface area is 191 Å². The van der Waals surface area contributed by atoms with Gasteiger partial charge < -0.3 is 9.88 Å². The van der Waals surface area contributed by atoms with E-state index < -0.39 is 0 Å². The lowest BCUT2D eigenvalue weighted by molar-refractivity contribution is 0.0704. The maximum atomic E-state index is 13.0. The first-order valence-corrected chi connectivity index (χ1v) is 12.2. The van der Waals surface area contributed by atoms with E-state index >= 15 is 0 Å².